The fourth-order valence-corrected chi connectivity index (χ4v) is 3.49. The molecule has 1 N–H and O–H groups in total. The zero-order valence-electron chi connectivity index (χ0n) is 13.6. The van der Waals surface area contributed by atoms with Crippen LogP contribution in [0.15, 0.2) is 12.4 Å². The Morgan fingerprint density at radius 3 is 2.57 bits per heavy atom. The third-order valence-corrected chi connectivity index (χ3v) is 5.60. The van der Waals surface area contributed by atoms with E-state index in [-0.39, 0.29) is 11.8 Å². The first kappa shape index (κ1) is 14.7. The van der Waals surface area contributed by atoms with Crippen LogP contribution >= 0.6 is 0 Å². The van der Waals surface area contributed by atoms with Gasteiger partial charge in [0.25, 0.3) is 5.91 Å². The summed E-state index contributed by atoms with van der Waals surface area (Å²) in [6.45, 7) is 3.43. The first-order valence-electron chi connectivity index (χ1n) is 8.70. The number of rotatable bonds is 4. The van der Waals surface area contributed by atoms with Crippen molar-refractivity contribution in [3.63, 3.8) is 0 Å². The number of hydrogen-bond acceptors (Lipinski definition) is 3. The number of nitrogens with one attached hydrogen (secondary N) is 1. The van der Waals surface area contributed by atoms with Crippen LogP contribution < -0.4 is 5.32 Å². The topological polar surface area (TPSA) is 67.2 Å². The van der Waals surface area contributed by atoms with Gasteiger partial charge >= 0.3 is 0 Å². The molecular formula is C17H24N4O2. The summed E-state index contributed by atoms with van der Waals surface area (Å²) < 4.78 is 1.85. The molecule has 23 heavy (non-hydrogen) atoms. The quantitative estimate of drug-likeness (QED) is 0.920. The highest BCUT2D eigenvalue weighted by Crippen LogP contribution is 2.53. The molecule has 1 aliphatic heterocycles. The summed E-state index contributed by atoms with van der Waals surface area (Å²) in [6, 6.07) is -0.0290. The van der Waals surface area contributed by atoms with E-state index in [1.54, 1.807) is 19.3 Å². The van der Waals surface area contributed by atoms with Crippen molar-refractivity contribution < 1.29 is 9.59 Å². The third kappa shape index (κ3) is 2.99. The average molecular weight is 316 g/mol. The van der Waals surface area contributed by atoms with Gasteiger partial charge in [-0.15, -0.1) is 0 Å². The molecule has 0 bridgehead atoms. The highest BCUT2D eigenvalue weighted by molar-refractivity contribution is 5.97. The summed E-state index contributed by atoms with van der Waals surface area (Å²) >= 11 is 0. The van der Waals surface area contributed by atoms with Gasteiger partial charge in [-0.1, -0.05) is 0 Å². The number of nitrogens with zero attached hydrogens (tertiary/aromatic N) is 3. The third-order valence-electron chi connectivity index (χ3n) is 5.60. The Morgan fingerprint density at radius 2 is 1.96 bits per heavy atom. The van der Waals surface area contributed by atoms with Crippen molar-refractivity contribution in [2.45, 2.75) is 57.5 Å². The van der Waals surface area contributed by atoms with Gasteiger partial charge in [0.15, 0.2) is 0 Å². The second-order valence-corrected chi connectivity index (χ2v) is 7.46. The Hall–Kier alpha value is -1.85. The molecule has 2 heterocycles. The number of aromatic nitrogens is 2. The van der Waals surface area contributed by atoms with Gasteiger partial charge in [-0.25, -0.2) is 0 Å². The van der Waals surface area contributed by atoms with Crippen LogP contribution in [0.1, 0.15) is 61.8 Å². The van der Waals surface area contributed by atoms with E-state index in [1.165, 1.54) is 12.8 Å². The van der Waals surface area contributed by atoms with E-state index in [0.29, 0.717) is 17.0 Å². The monoisotopic (exact) mass is 316 g/mol. The first-order valence-corrected chi connectivity index (χ1v) is 8.70. The summed E-state index contributed by atoms with van der Waals surface area (Å²) in [5.74, 6) is -0.183. The van der Waals surface area contributed by atoms with Gasteiger partial charge in [0.2, 0.25) is 5.91 Å². The first-order chi connectivity index (χ1) is 11.1. The summed E-state index contributed by atoms with van der Waals surface area (Å²) in [5, 5.41) is 7.04. The zero-order chi connectivity index (χ0) is 16.0. The Balaban J connectivity index is 1.31. The van der Waals surface area contributed by atoms with Crippen molar-refractivity contribution in [2.75, 3.05) is 13.1 Å². The van der Waals surface area contributed by atoms with Crippen molar-refractivity contribution in [1.82, 2.24) is 20.0 Å². The van der Waals surface area contributed by atoms with E-state index in [1.807, 2.05) is 9.58 Å². The van der Waals surface area contributed by atoms with Gasteiger partial charge in [-0.05, 0) is 50.9 Å². The minimum absolute atomic E-state index is 0.0310. The van der Waals surface area contributed by atoms with E-state index < -0.39 is 6.04 Å². The highest BCUT2D eigenvalue weighted by Gasteiger charge is 2.45. The van der Waals surface area contributed by atoms with E-state index >= 15 is 0 Å². The average Bonchev–Trinajstić information content (AvgIpc) is 3.48. The second kappa shape index (κ2) is 5.35. The molecule has 6 heteroatoms. The van der Waals surface area contributed by atoms with E-state index in [9.17, 15) is 9.59 Å². The normalized spacial score (nSPS) is 23.6. The molecule has 124 valence electrons. The van der Waals surface area contributed by atoms with Gasteiger partial charge in [-0.2, -0.15) is 5.10 Å². The Labute approximate surface area is 136 Å². The molecule has 1 spiro atoms. The van der Waals surface area contributed by atoms with Crippen LogP contribution in [0.2, 0.25) is 0 Å². The van der Waals surface area contributed by atoms with Gasteiger partial charge in [0.05, 0.1) is 17.8 Å². The van der Waals surface area contributed by atoms with E-state index in [4.69, 9.17) is 0 Å². The number of piperidine rings is 1. The molecule has 1 atom stereocenters. The molecule has 3 aliphatic rings. The maximum atomic E-state index is 12.5. The fourth-order valence-electron chi connectivity index (χ4n) is 3.49. The zero-order valence-corrected chi connectivity index (χ0v) is 13.6. The largest absolute Gasteiger partial charge is 0.341 e. The molecule has 2 saturated carbocycles. The molecule has 1 unspecified atom stereocenters. The van der Waals surface area contributed by atoms with Crippen molar-refractivity contribution in [3.05, 3.63) is 18.0 Å². The molecule has 1 saturated heterocycles. The highest BCUT2D eigenvalue weighted by atomic mass is 16.2. The van der Waals surface area contributed by atoms with E-state index in [2.05, 4.69) is 10.4 Å². The van der Waals surface area contributed by atoms with Crippen LogP contribution in [0.5, 0.6) is 0 Å². The molecule has 0 aromatic carbocycles. The van der Waals surface area contributed by atoms with Crippen LogP contribution in [0.4, 0.5) is 0 Å². The molecule has 3 fully saturated rings. The smallest absolute Gasteiger partial charge is 0.255 e. The maximum Gasteiger partial charge on any atom is 0.255 e. The number of carbonyl (C=O) groups excluding carboxylic acids is 2. The number of hydrogen-bond donors (Lipinski definition) is 1. The molecule has 4 rings (SSSR count). The summed E-state index contributed by atoms with van der Waals surface area (Å²) in [7, 11) is 0. The predicted octanol–water partition coefficient (Wildman–Crippen LogP) is 1.74. The van der Waals surface area contributed by atoms with Crippen molar-refractivity contribution >= 4 is 11.8 Å². The molecule has 2 aliphatic carbocycles. The molecule has 1 aromatic heterocycles. The van der Waals surface area contributed by atoms with Crippen LogP contribution in [-0.4, -0.2) is 45.6 Å². The van der Waals surface area contributed by atoms with Crippen LogP contribution in [0.25, 0.3) is 0 Å². The standard InChI is InChI=1S/C17H24N4O2/c1-12(16(23)20-8-6-17(4-5-17)7-9-20)19-15(22)13-10-18-21(11-13)14-2-3-14/h10-12,14H,2-9H2,1H3,(H,19,22). The lowest BCUT2D eigenvalue weighted by Crippen LogP contribution is -2.49. The lowest BCUT2D eigenvalue weighted by atomic mass is 9.93. The SMILES string of the molecule is CC(NC(=O)c1cnn(C2CC2)c1)C(=O)N1CCC2(CC1)CC2. The Morgan fingerprint density at radius 1 is 1.26 bits per heavy atom. The minimum atomic E-state index is -0.486. The van der Waals surface area contributed by atoms with Crippen LogP contribution in [0.3, 0.4) is 0 Å². The molecule has 2 amide bonds. The predicted molar refractivity (Wildman–Crippen MR) is 84.9 cm³/mol. The maximum absolute atomic E-state index is 12.5. The molecule has 0 radical (unpaired) electrons. The number of amides is 2. The number of likely N-dealkylation sites (tertiary alicyclic amines) is 1. The van der Waals surface area contributed by atoms with Gasteiger partial charge < -0.3 is 10.2 Å². The summed E-state index contributed by atoms with van der Waals surface area (Å²) in [6.07, 6.45) is 10.5. The molecule has 6 nitrogen and oxygen atoms in total. The van der Waals surface area contributed by atoms with Gasteiger partial charge in [0, 0.05) is 19.3 Å². The fraction of sp³-hybridized carbons (Fsp3) is 0.706. The summed E-state index contributed by atoms with van der Waals surface area (Å²) in [4.78, 5) is 26.7. The van der Waals surface area contributed by atoms with Crippen molar-refractivity contribution in [2.24, 2.45) is 5.41 Å². The lowest BCUT2D eigenvalue weighted by Gasteiger charge is -2.33. The Bertz CT molecular complexity index is 620. The van der Waals surface area contributed by atoms with Gasteiger partial charge in [0.1, 0.15) is 6.04 Å². The minimum Gasteiger partial charge on any atom is -0.341 e. The van der Waals surface area contributed by atoms with Crippen LogP contribution in [-0.2, 0) is 4.79 Å². The lowest BCUT2D eigenvalue weighted by molar-refractivity contribution is -0.134. The summed E-state index contributed by atoms with van der Waals surface area (Å²) in [5.41, 5.74) is 1.09. The van der Waals surface area contributed by atoms with Crippen molar-refractivity contribution in [3.8, 4) is 0 Å². The molecule has 1 aromatic rings. The Kier molecular flexibility index (Phi) is 3.43. The van der Waals surface area contributed by atoms with Gasteiger partial charge in [-0.3, -0.25) is 14.3 Å². The second-order valence-electron chi connectivity index (χ2n) is 7.46. The van der Waals surface area contributed by atoms with Crippen molar-refractivity contribution in [1.29, 1.82) is 0 Å². The molecular weight excluding hydrogens is 292 g/mol. The number of carbonyl (C=O) groups is 2. The van der Waals surface area contributed by atoms with E-state index in [0.717, 1.165) is 38.8 Å². The van der Waals surface area contributed by atoms with Crippen LogP contribution in [0, 0.1) is 5.41 Å².